The number of imidazole rings is 1. The van der Waals surface area contributed by atoms with Gasteiger partial charge in [-0.25, -0.2) is 9.78 Å². The van der Waals surface area contributed by atoms with Crippen LogP contribution >= 0.6 is 0 Å². The van der Waals surface area contributed by atoms with Crippen molar-refractivity contribution in [1.29, 1.82) is 0 Å². The molecule has 3 heterocycles. The number of hydrogen-bond donors (Lipinski definition) is 3. The maximum atomic E-state index is 12.6. The van der Waals surface area contributed by atoms with Crippen LogP contribution in [-0.4, -0.2) is 29.7 Å². The Kier molecular flexibility index (Phi) is 4.45. The number of rotatable bonds is 6. The van der Waals surface area contributed by atoms with Crippen molar-refractivity contribution in [1.82, 2.24) is 29.7 Å². The fraction of sp³-hybridized carbons (Fsp3) is 0.263. The third kappa shape index (κ3) is 3.21. The van der Waals surface area contributed by atoms with Gasteiger partial charge < -0.3 is 4.98 Å². The summed E-state index contributed by atoms with van der Waals surface area (Å²) in [6.07, 6.45) is 3.99. The van der Waals surface area contributed by atoms with E-state index in [2.05, 4.69) is 37.3 Å². The van der Waals surface area contributed by atoms with Crippen LogP contribution in [0.3, 0.4) is 0 Å². The van der Waals surface area contributed by atoms with E-state index >= 15 is 0 Å². The molecular weight excluding hydrogens is 344 g/mol. The first-order valence-corrected chi connectivity index (χ1v) is 8.96. The average molecular weight is 364 g/mol. The summed E-state index contributed by atoms with van der Waals surface area (Å²) in [6, 6.07) is 10.2. The number of nitrogens with one attached hydrogen (secondary N) is 3. The Labute approximate surface area is 154 Å². The summed E-state index contributed by atoms with van der Waals surface area (Å²) >= 11 is 0. The van der Waals surface area contributed by atoms with Gasteiger partial charge in [0.05, 0.1) is 11.8 Å². The van der Waals surface area contributed by atoms with Crippen LogP contribution in [0.15, 0.2) is 46.1 Å². The molecule has 0 saturated heterocycles. The van der Waals surface area contributed by atoms with E-state index in [1.54, 1.807) is 6.20 Å². The number of hydrogen-bond acceptors (Lipinski definition) is 4. The van der Waals surface area contributed by atoms with E-state index in [9.17, 15) is 9.59 Å². The first kappa shape index (κ1) is 17.0. The van der Waals surface area contributed by atoms with E-state index in [1.165, 1.54) is 10.1 Å². The highest BCUT2D eigenvalue weighted by molar-refractivity contribution is 5.75. The molecule has 0 aliphatic heterocycles. The quantitative estimate of drug-likeness (QED) is 0.486. The van der Waals surface area contributed by atoms with Crippen LogP contribution in [0.4, 0.5) is 0 Å². The van der Waals surface area contributed by atoms with Crippen LogP contribution in [0.25, 0.3) is 22.6 Å². The molecule has 0 saturated carbocycles. The molecule has 4 aromatic rings. The zero-order valence-electron chi connectivity index (χ0n) is 15.0. The van der Waals surface area contributed by atoms with Crippen LogP contribution in [0.2, 0.25) is 0 Å². The van der Waals surface area contributed by atoms with E-state index in [0.717, 1.165) is 24.1 Å². The van der Waals surface area contributed by atoms with Gasteiger partial charge in [0, 0.05) is 12.2 Å². The topological polar surface area (TPSA) is 112 Å². The number of fused-ring (bicyclic) bond motifs is 1. The molecule has 3 aromatic heterocycles. The fourth-order valence-electron chi connectivity index (χ4n) is 3.19. The van der Waals surface area contributed by atoms with E-state index in [0.29, 0.717) is 24.3 Å². The first-order valence-electron chi connectivity index (χ1n) is 8.96. The van der Waals surface area contributed by atoms with Crippen molar-refractivity contribution in [3.8, 4) is 11.4 Å². The van der Waals surface area contributed by atoms with Gasteiger partial charge in [0.1, 0.15) is 11.3 Å². The Balaban J connectivity index is 1.69. The Morgan fingerprint density at radius 1 is 1.07 bits per heavy atom. The third-order valence-corrected chi connectivity index (χ3v) is 4.56. The number of aryl methyl sites for hydroxylation is 2. The minimum absolute atomic E-state index is 0.266. The normalized spacial score (nSPS) is 11.3. The molecule has 0 amide bonds. The zero-order valence-corrected chi connectivity index (χ0v) is 15.0. The molecule has 0 unspecified atom stereocenters. The van der Waals surface area contributed by atoms with Gasteiger partial charge >= 0.3 is 5.69 Å². The second-order valence-corrected chi connectivity index (χ2v) is 6.44. The maximum absolute atomic E-state index is 12.6. The lowest BCUT2D eigenvalue weighted by molar-refractivity contribution is 0.622. The summed E-state index contributed by atoms with van der Waals surface area (Å²) in [5.74, 6) is 0.517. The number of nitrogens with zero attached hydrogens (tertiary/aromatic N) is 3. The lowest BCUT2D eigenvalue weighted by Gasteiger charge is -2.01. The van der Waals surface area contributed by atoms with Gasteiger partial charge in [0.25, 0.3) is 5.56 Å². The molecule has 0 atom stereocenters. The van der Waals surface area contributed by atoms with Gasteiger partial charge in [-0.15, -0.1) is 0 Å². The van der Waals surface area contributed by atoms with Crippen LogP contribution in [-0.2, 0) is 19.4 Å². The van der Waals surface area contributed by atoms with Gasteiger partial charge in [-0.05, 0) is 24.8 Å². The lowest BCUT2D eigenvalue weighted by Crippen LogP contribution is -2.34. The Hall–Kier alpha value is -3.42. The predicted molar refractivity (Wildman–Crippen MR) is 103 cm³/mol. The predicted octanol–water partition coefficient (Wildman–Crippen LogP) is 2.00. The minimum Gasteiger partial charge on any atom is -0.332 e. The van der Waals surface area contributed by atoms with Gasteiger partial charge in [0.15, 0.2) is 5.65 Å². The highest BCUT2D eigenvalue weighted by Crippen LogP contribution is 2.21. The summed E-state index contributed by atoms with van der Waals surface area (Å²) in [4.78, 5) is 34.8. The SMILES string of the molecule is CCCn1c(=O)[nH]c2nc(-c3cn[nH]c3CCc3ccccc3)[nH]c2c1=O. The van der Waals surface area contributed by atoms with Gasteiger partial charge in [-0.1, -0.05) is 37.3 Å². The molecule has 3 N–H and O–H groups in total. The van der Waals surface area contributed by atoms with Crippen molar-refractivity contribution in [2.45, 2.75) is 32.7 Å². The number of aromatic nitrogens is 6. The summed E-state index contributed by atoms with van der Waals surface area (Å²) in [7, 11) is 0. The molecule has 4 rings (SSSR count). The number of benzene rings is 1. The highest BCUT2D eigenvalue weighted by atomic mass is 16.2. The van der Waals surface area contributed by atoms with Crippen molar-refractivity contribution < 1.29 is 0 Å². The van der Waals surface area contributed by atoms with Gasteiger partial charge in [-0.2, -0.15) is 5.10 Å². The van der Waals surface area contributed by atoms with Crippen LogP contribution in [0.1, 0.15) is 24.6 Å². The smallest absolute Gasteiger partial charge is 0.330 e. The van der Waals surface area contributed by atoms with E-state index in [1.807, 2.05) is 25.1 Å². The molecule has 138 valence electrons. The molecule has 0 radical (unpaired) electrons. The van der Waals surface area contributed by atoms with Crippen molar-refractivity contribution in [3.05, 3.63) is 68.6 Å². The molecule has 0 bridgehead atoms. The fourth-order valence-corrected chi connectivity index (χ4v) is 3.19. The molecule has 0 aliphatic rings. The Morgan fingerprint density at radius 3 is 2.67 bits per heavy atom. The largest absolute Gasteiger partial charge is 0.332 e. The maximum Gasteiger partial charge on any atom is 0.330 e. The minimum atomic E-state index is -0.441. The molecule has 1 aromatic carbocycles. The summed E-state index contributed by atoms with van der Waals surface area (Å²) in [5.41, 5.74) is 2.72. The van der Waals surface area contributed by atoms with Crippen molar-refractivity contribution in [3.63, 3.8) is 0 Å². The molecule has 0 spiro atoms. The van der Waals surface area contributed by atoms with Crippen LogP contribution in [0, 0.1) is 0 Å². The van der Waals surface area contributed by atoms with Crippen LogP contribution in [0.5, 0.6) is 0 Å². The van der Waals surface area contributed by atoms with Crippen molar-refractivity contribution >= 4 is 11.2 Å². The van der Waals surface area contributed by atoms with E-state index < -0.39 is 5.69 Å². The summed E-state index contributed by atoms with van der Waals surface area (Å²) < 4.78 is 1.19. The van der Waals surface area contributed by atoms with Crippen LogP contribution < -0.4 is 11.2 Å². The summed E-state index contributed by atoms with van der Waals surface area (Å²) in [6.45, 7) is 2.28. The molecule has 0 fully saturated rings. The first-order chi connectivity index (χ1) is 13.2. The molecule has 0 aliphatic carbocycles. The average Bonchev–Trinajstić information content (AvgIpc) is 3.31. The van der Waals surface area contributed by atoms with Gasteiger partial charge in [-0.3, -0.25) is 19.4 Å². The third-order valence-electron chi connectivity index (χ3n) is 4.56. The Bertz CT molecular complexity index is 1180. The van der Waals surface area contributed by atoms with Crippen molar-refractivity contribution in [2.75, 3.05) is 0 Å². The molecule has 27 heavy (non-hydrogen) atoms. The standard InChI is InChI=1S/C19H20N6O2/c1-2-10-25-18(26)15-17(23-19(25)27)22-16(21-15)13-11-20-24-14(13)9-8-12-6-4-3-5-7-12/h3-7,11H,2,8-10H2,1H3,(H,20,24)(H,21,22)(H,23,27). The zero-order chi connectivity index (χ0) is 18.8. The molecule has 8 nitrogen and oxygen atoms in total. The number of H-pyrrole nitrogens is 3. The lowest BCUT2D eigenvalue weighted by atomic mass is 10.1. The van der Waals surface area contributed by atoms with Crippen molar-refractivity contribution in [2.24, 2.45) is 0 Å². The second kappa shape index (κ2) is 7.06. The number of aromatic amines is 3. The van der Waals surface area contributed by atoms with Gasteiger partial charge in [0.2, 0.25) is 0 Å². The summed E-state index contributed by atoms with van der Waals surface area (Å²) in [5, 5.41) is 7.14. The van der Waals surface area contributed by atoms with E-state index in [4.69, 9.17) is 0 Å². The monoisotopic (exact) mass is 364 g/mol. The molecular formula is C19H20N6O2. The highest BCUT2D eigenvalue weighted by Gasteiger charge is 2.16. The van der Waals surface area contributed by atoms with E-state index in [-0.39, 0.29) is 11.2 Å². The Morgan fingerprint density at radius 2 is 1.89 bits per heavy atom. The second-order valence-electron chi connectivity index (χ2n) is 6.44. The molecule has 8 heteroatoms.